The number of hydrogen-bond donors (Lipinski definition) is 1. The van der Waals surface area contributed by atoms with Gasteiger partial charge in [-0.15, -0.1) is 0 Å². The maximum absolute atomic E-state index is 11.7. The van der Waals surface area contributed by atoms with Crippen LogP contribution in [0.5, 0.6) is 0 Å². The first-order valence-electron chi connectivity index (χ1n) is 4.04. The highest BCUT2D eigenvalue weighted by Crippen LogP contribution is 2.11. The Hall–Kier alpha value is -0.920. The second-order valence-corrected chi connectivity index (χ2v) is 4.94. The molecule has 1 N–H and O–H groups in total. The van der Waals surface area contributed by atoms with E-state index in [2.05, 4.69) is 5.10 Å². The molecule has 1 heterocycles. The molecule has 0 radical (unpaired) electrons. The molecule has 14 heavy (non-hydrogen) atoms. The summed E-state index contributed by atoms with van der Waals surface area (Å²) in [7, 11) is -0.431. The molecule has 1 aromatic heterocycles. The monoisotopic (exact) mass is 219 g/mol. The van der Waals surface area contributed by atoms with Gasteiger partial charge in [0.2, 0.25) is 10.0 Å². The lowest BCUT2D eigenvalue weighted by Gasteiger charge is -2.13. The van der Waals surface area contributed by atoms with E-state index in [1.807, 2.05) is 0 Å². The Kier molecular flexibility index (Phi) is 3.25. The zero-order chi connectivity index (χ0) is 10.8. The molecule has 6 nitrogen and oxygen atoms in total. The minimum atomic E-state index is -3.49. The van der Waals surface area contributed by atoms with Crippen molar-refractivity contribution in [3.05, 3.63) is 12.4 Å². The summed E-state index contributed by atoms with van der Waals surface area (Å²) in [6, 6.07) is 0. The Morgan fingerprint density at radius 3 is 2.71 bits per heavy atom. The summed E-state index contributed by atoms with van der Waals surface area (Å²) >= 11 is 0. The standard InChI is InChI=1S/C7H13N3O3S/c1-9-6-7(5-8-9)14(12,13)10(2)3-4-11/h5-6,11H,3-4H2,1-2H3. The SMILES string of the molecule is CN(CCO)S(=O)(=O)c1cnn(C)c1. The van der Waals surface area contributed by atoms with Crippen molar-refractivity contribution in [2.75, 3.05) is 20.2 Å². The average Bonchev–Trinajstić information content (AvgIpc) is 2.52. The molecule has 0 atom stereocenters. The van der Waals surface area contributed by atoms with Gasteiger partial charge in [-0.25, -0.2) is 8.42 Å². The van der Waals surface area contributed by atoms with Gasteiger partial charge in [0.05, 0.1) is 12.8 Å². The second kappa shape index (κ2) is 4.07. The van der Waals surface area contributed by atoms with Crippen LogP contribution in [-0.2, 0) is 17.1 Å². The number of sulfonamides is 1. The van der Waals surface area contributed by atoms with Crippen molar-refractivity contribution < 1.29 is 13.5 Å². The molecule has 1 aromatic rings. The predicted molar refractivity (Wildman–Crippen MR) is 50.1 cm³/mol. The van der Waals surface area contributed by atoms with Crippen LogP contribution in [0, 0.1) is 0 Å². The molecule has 0 unspecified atom stereocenters. The smallest absolute Gasteiger partial charge is 0.246 e. The fraction of sp³-hybridized carbons (Fsp3) is 0.571. The summed E-state index contributed by atoms with van der Waals surface area (Å²) in [6.45, 7) is -0.118. The summed E-state index contributed by atoms with van der Waals surface area (Å²) in [5.74, 6) is 0. The molecule has 0 fully saturated rings. The number of likely N-dealkylation sites (N-methyl/N-ethyl adjacent to an activating group) is 1. The van der Waals surface area contributed by atoms with E-state index in [0.717, 1.165) is 4.31 Å². The summed E-state index contributed by atoms with van der Waals surface area (Å²) < 4.78 is 25.9. The van der Waals surface area contributed by atoms with Crippen LogP contribution in [0.3, 0.4) is 0 Å². The third-order valence-electron chi connectivity index (χ3n) is 1.80. The molecule has 0 spiro atoms. The highest BCUT2D eigenvalue weighted by atomic mass is 32.2. The molecule has 0 saturated carbocycles. The third kappa shape index (κ3) is 2.11. The minimum Gasteiger partial charge on any atom is -0.395 e. The molecule has 80 valence electrons. The normalized spacial score (nSPS) is 12.3. The van der Waals surface area contributed by atoms with Crippen molar-refractivity contribution in [3.63, 3.8) is 0 Å². The van der Waals surface area contributed by atoms with E-state index >= 15 is 0 Å². The molecular weight excluding hydrogens is 206 g/mol. The Morgan fingerprint density at radius 1 is 1.64 bits per heavy atom. The quantitative estimate of drug-likeness (QED) is 0.707. The van der Waals surface area contributed by atoms with E-state index in [1.54, 1.807) is 7.05 Å². The Bertz CT molecular complexity index is 398. The van der Waals surface area contributed by atoms with E-state index in [4.69, 9.17) is 5.11 Å². The zero-order valence-corrected chi connectivity index (χ0v) is 8.90. The highest BCUT2D eigenvalue weighted by Gasteiger charge is 2.21. The molecule has 0 amide bonds. The fourth-order valence-corrected chi connectivity index (χ4v) is 2.12. The van der Waals surface area contributed by atoms with Crippen molar-refractivity contribution in [1.29, 1.82) is 0 Å². The molecule has 0 saturated heterocycles. The second-order valence-electron chi connectivity index (χ2n) is 2.90. The van der Waals surface area contributed by atoms with Gasteiger partial charge >= 0.3 is 0 Å². The van der Waals surface area contributed by atoms with Gasteiger partial charge in [0, 0.05) is 26.8 Å². The summed E-state index contributed by atoms with van der Waals surface area (Å²) in [5, 5.41) is 12.4. The van der Waals surface area contributed by atoms with E-state index < -0.39 is 10.0 Å². The lowest BCUT2D eigenvalue weighted by molar-refractivity contribution is 0.266. The topological polar surface area (TPSA) is 75.4 Å². The van der Waals surface area contributed by atoms with Crippen LogP contribution in [0.25, 0.3) is 0 Å². The van der Waals surface area contributed by atoms with Crippen LogP contribution in [-0.4, -0.2) is 47.8 Å². The van der Waals surface area contributed by atoms with Crippen LogP contribution < -0.4 is 0 Å². The molecule has 1 rings (SSSR count). The number of hydrogen-bond acceptors (Lipinski definition) is 4. The van der Waals surface area contributed by atoms with Crippen molar-refractivity contribution >= 4 is 10.0 Å². The van der Waals surface area contributed by atoms with Crippen LogP contribution in [0.15, 0.2) is 17.3 Å². The Morgan fingerprint density at radius 2 is 2.29 bits per heavy atom. The van der Waals surface area contributed by atoms with Crippen LogP contribution >= 0.6 is 0 Å². The van der Waals surface area contributed by atoms with Gasteiger partial charge in [-0.05, 0) is 0 Å². The largest absolute Gasteiger partial charge is 0.395 e. The first-order chi connectivity index (χ1) is 6.48. The number of aliphatic hydroxyl groups is 1. The first kappa shape index (κ1) is 11.2. The minimum absolute atomic E-state index is 0.0806. The summed E-state index contributed by atoms with van der Waals surface area (Å²) in [5.41, 5.74) is 0. The molecule has 0 bridgehead atoms. The van der Waals surface area contributed by atoms with E-state index in [0.29, 0.717) is 0 Å². The maximum Gasteiger partial charge on any atom is 0.246 e. The summed E-state index contributed by atoms with van der Waals surface area (Å²) in [4.78, 5) is 0.135. The van der Waals surface area contributed by atoms with Crippen molar-refractivity contribution in [2.24, 2.45) is 7.05 Å². The summed E-state index contributed by atoms with van der Waals surface area (Å²) in [6.07, 6.45) is 2.70. The number of aliphatic hydroxyl groups excluding tert-OH is 1. The third-order valence-corrected chi connectivity index (χ3v) is 3.61. The van der Waals surface area contributed by atoms with Gasteiger partial charge in [0.15, 0.2) is 0 Å². The van der Waals surface area contributed by atoms with Gasteiger partial charge in [-0.3, -0.25) is 4.68 Å². The van der Waals surface area contributed by atoms with E-state index in [-0.39, 0.29) is 18.0 Å². The molecule has 0 aliphatic rings. The lowest BCUT2D eigenvalue weighted by Crippen LogP contribution is -2.29. The van der Waals surface area contributed by atoms with Crippen molar-refractivity contribution in [3.8, 4) is 0 Å². The molecule has 7 heteroatoms. The van der Waals surface area contributed by atoms with Gasteiger partial charge in [0.1, 0.15) is 4.90 Å². The number of rotatable bonds is 4. The predicted octanol–water partition coefficient (Wildman–Crippen LogP) is -0.967. The number of nitrogens with zero attached hydrogens (tertiary/aromatic N) is 3. The number of aryl methyl sites for hydroxylation is 1. The van der Waals surface area contributed by atoms with Gasteiger partial charge in [0.25, 0.3) is 0 Å². The maximum atomic E-state index is 11.7. The Balaban J connectivity index is 2.96. The van der Waals surface area contributed by atoms with Crippen molar-refractivity contribution in [1.82, 2.24) is 14.1 Å². The lowest BCUT2D eigenvalue weighted by atomic mass is 10.7. The average molecular weight is 219 g/mol. The van der Waals surface area contributed by atoms with Crippen molar-refractivity contribution in [2.45, 2.75) is 4.90 Å². The zero-order valence-electron chi connectivity index (χ0n) is 8.08. The van der Waals surface area contributed by atoms with Crippen LogP contribution in [0.1, 0.15) is 0 Å². The highest BCUT2D eigenvalue weighted by molar-refractivity contribution is 7.89. The number of aromatic nitrogens is 2. The molecular formula is C7H13N3O3S. The van der Waals surface area contributed by atoms with Gasteiger partial charge < -0.3 is 5.11 Å². The molecule has 0 aromatic carbocycles. The van der Waals surface area contributed by atoms with Crippen LogP contribution in [0.4, 0.5) is 0 Å². The van der Waals surface area contributed by atoms with Crippen LogP contribution in [0.2, 0.25) is 0 Å². The van der Waals surface area contributed by atoms with Gasteiger partial charge in [-0.1, -0.05) is 0 Å². The van der Waals surface area contributed by atoms with Gasteiger partial charge in [-0.2, -0.15) is 9.40 Å². The first-order valence-corrected chi connectivity index (χ1v) is 5.48. The molecule has 0 aliphatic carbocycles. The van der Waals surface area contributed by atoms with E-state index in [9.17, 15) is 8.42 Å². The fourth-order valence-electron chi connectivity index (χ4n) is 0.973. The Labute approximate surface area is 82.8 Å². The van der Waals surface area contributed by atoms with E-state index in [1.165, 1.54) is 24.1 Å². The molecule has 0 aliphatic heterocycles.